The van der Waals surface area contributed by atoms with Crippen LogP contribution in [0.3, 0.4) is 0 Å². The van der Waals surface area contributed by atoms with Gasteiger partial charge in [-0.25, -0.2) is 9.67 Å². The standard InChI is InChI=1S/C21H22N4O3/c1-2-28-18-7-5-17(6-8-18)19(26)9-11-21(27)23-15-16-4-10-20(22-14-16)25-13-3-12-24-25/h3-8,10,12-14H,2,9,11,15H2,1H3,(H,23,27). The molecule has 2 heterocycles. The van der Waals surface area contributed by atoms with E-state index in [4.69, 9.17) is 4.74 Å². The minimum atomic E-state index is -0.171. The lowest BCUT2D eigenvalue weighted by atomic mass is 10.1. The third kappa shape index (κ3) is 5.26. The second-order valence-corrected chi connectivity index (χ2v) is 6.13. The first-order valence-corrected chi connectivity index (χ1v) is 9.13. The normalized spacial score (nSPS) is 10.5. The lowest BCUT2D eigenvalue weighted by Gasteiger charge is -2.07. The average molecular weight is 378 g/mol. The molecular weight excluding hydrogens is 356 g/mol. The summed E-state index contributed by atoms with van der Waals surface area (Å²) in [4.78, 5) is 28.5. The van der Waals surface area contributed by atoms with Crippen LogP contribution in [0.4, 0.5) is 0 Å². The van der Waals surface area contributed by atoms with E-state index in [-0.39, 0.29) is 24.5 Å². The van der Waals surface area contributed by atoms with Crippen molar-refractivity contribution in [3.8, 4) is 11.6 Å². The molecule has 2 aromatic heterocycles. The topological polar surface area (TPSA) is 86.1 Å². The van der Waals surface area contributed by atoms with Gasteiger partial charge in [0.25, 0.3) is 0 Å². The SMILES string of the molecule is CCOc1ccc(C(=O)CCC(=O)NCc2ccc(-n3cccn3)nc2)cc1. The van der Waals surface area contributed by atoms with Gasteiger partial charge < -0.3 is 10.1 Å². The maximum absolute atomic E-state index is 12.2. The van der Waals surface area contributed by atoms with E-state index in [1.807, 2.05) is 31.3 Å². The van der Waals surface area contributed by atoms with E-state index < -0.39 is 0 Å². The summed E-state index contributed by atoms with van der Waals surface area (Å²) >= 11 is 0. The second kappa shape index (κ2) is 9.45. The van der Waals surface area contributed by atoms with Crippen LogP contribution in [0.25, 0.3) is 5.82 Å². The largest absolute Gasteiger partial charge is 0.494 e. The molecule has 1 N–H and O–H groups in total. The van der Waals surface area contributed by atoms with Crippen molar-refractivity contribution in [2.45, 2.75) is 26.3 Å². The Morgan fingerprint density at radius 2 is 1.93 bits per heavy atom. The summed E-state index contributed by atoms with van der Waals surface area (Å²) in [5.41, 5.74) is 1.46. The number of ether oxygens (including phenoxy) is 1. The average Bonchev–Trinajstić information content (AvgIpc) is 3.26. The van der Waals surface area contributed by atoms with Crippen molar-refractivity contribution in [2.24, 2.45) is 0 Å². The van der Waals surface area contributed by atoms with Crippen molar-refractivity contribution in [3.63, 3.8) is 0 Å². The number of ketones is 1. The molecule has 3 rings (SSSR count). The molecule has 7 nitrogen and oxygen atoms in total. The van der Waals surface area contributed by atoms with Gasteiger partial charge in [-0.2, -0.15) is 5.10 Å². The minimum absolute atomic E-state index is 0.0663. The van der Waals surface area contributed by atoms with Crippen molar-refractivity contribution < 1.29 is 14.3 Å². The number of pyridine rings is 1. The Hall–Kier alpha value is -3.48. The lowest BCUT2D eigenvalue weighted by molar-refractivity contribution is -0.121. The Balaban J connectivity index is 1.43. The van der Waals surface area contributed by atoms with Gasteiger partial charge in [-0.15, -0.1) is 0 Å². The quantitative estimate of drug-likeness (QED) is 0.579. The van der Waals surface area contributed by atoms with E-state index in [9.17, 15) is 9.59 Å². The van der Waals surface area contributed by atoms with Gasteiger partial charge in [0.2, 0.25) is 5.91 Å². The Morgan fingerprint density at radius 1 is 1.11 bits per heavy atom. The third-order valence-electron chi connectivity index (χ3n) is 4.10. The highest BCUT2D eigenvalue weighted by molar-refractivity contribution is 5.98. The number of nitrogens with one attached hydrogen (secondary N) is 1. The molecule has 0 bridgehead atoms. The molecule has 0 atom stereocenters. The van der Waals surface area contributed by atoms with Crippen LogP contribution in [0.5, 0.6) is 5.75 Å². The number of rotatable bonds is 9. The first-order valence-electron chi connectivity index (χ1n) is 9.13. The van der Waals surface area contributed by atoms with Gasteiger partial charge in [-0.3, -0.25) is 9.59 Å². The molecule has 0 radical (unpaired) electrons. The first kappa shape index (κ1) is 19.3. The Morgan fingerprint density at radius 3 is 2.57 bits per heavy atom. The number of carbonyl (C=O) groups is 2. The molecular formula is C21H22N4O3. The van der Waals surface area contributed by atoms with Crippen LogP contribution in [-0.4, -0.2) is 33.1 Å². The Kier molecular flexibility index (Phi) is 6.51. The number of hydrogen-bond donors (Lipinski definition) is 1. The van der Waals surface area contributed by atoms with Crippen molar-refractivity contribution >= 4 is 11.7 Å². The van der Waals surface area contributed by atoms with Crippen molar-refractivity contribution in [1.29, 1.82) is 0 Å². The number of hydrogen-bond acceptors (Lipinski definition) is 5. The first-order chi connectivity index (χ1) is 13.7. The van der Waals surface area contributed by atoms with Crippen LogP contribution in [0.15, 0.2) is 61.1 Å². The minimum Gasteiger partial charge on any atom is -0.494 e. The van der Waals surface area contributed by atoms with Crippen molar-refractivity contribution in [3.05, 3.63) is 72.2 Å². The summed E-state index contributed by atoms with van der Waals surface area (Å²) in [7, 11) is 0. The lowest BCUT2D eigenvalue weighted by Crippen LogP contribution is -2.23. The fraction of sp³-hybridized carbons (Fsp3) is 0.238. The number of amides is 1. The molecule has 0 spiro atoms. The van der Waals surface area contributed by atoms with Gasteiger partial charge in [0.05, 0.1) is 6.61 Å². The molecule has 7 heteroatoms. The zero-order valence-corrected chi connectivity index (χ0v) is 15.7. The van der Waals surface area contributed by atoms with Gasteiger partial charge in [0.1, 0.15) is 5.75 Å². The third-order valence-corrected chi connectivity index (χ3v) is 4.10. The van der Waals surface area contributed by atoms with Gasteiger partial charge in [-0.1, -0.05) is 6.07 Å². The number of aromatic nitrogens is 3. The van der Waals surface area contributed by atoms with Crippen LogP contribution in [-0.2, 0) is 11.3 Å². The fourth-order valence-electron chi connectivity index (χ4n) is 2.63. The monoisotopic (exact) mass is 378 g/mol. The summed E-state index contributed by atoms with van der Waals surface area (Å²) in [5, 5.41) is 6.93. The smallest absolute Gasteiger partial charge is 0.220 e. The van der Waals surface area contributed by atoms with Crippen LogP contribution in [0.1, 0.15) is 35.7 Å². The van der Waals surface area contributed by atoms with Crippen LogP contribution >= 0.6 is 0 Å². The number of benzene rings is 1. The van der Waals surface area contributed by atoms with Gasteiger partial charge >= 0.3 is 0 Å². The maximum Gasteiger partial charge on any atom is 0.220 e. The molecule has 0 unspecified atom stereocenters. The number of carbonyl (C=O) groups excluding carboxylic acids is 2. The molecule has 1 amide bonds. The summed E-state index contributed by atoms with van der Waals surface area (Å²) < 4.78 is 7.02. The van der Waals surface area contributed by atoms with Crippen LogP contribution in [0, 0.1) is 0 Å². The fourth-order valence-corrected chi connectivity index (χ4v) is 2.63. The Bertz CT molecular complexity index is 904. The molecule has 144 valence electrons. The molecule has 0 saturated heterocycles. The highest BCUT2D eigenvalue weighted by Gasteiger charge is 2.10. The van der Waals surface area contributed by atoms with Gasteiger partial charge in [-0.05, 0) is 48.9 Å². The second-order valence-electron chi connectivity index (χ2n) is 6.13. The molecule has 0 aliphatic carbocycles. The summed E-state index contributed by atoms with van der Waals surface area (Å²) in [6.45, 7) is 2.85. The molecule has 0 aliphatic heterocycles. The summed E-state index contributed by atoms with van der Waals surface area (Å²) in [6, 6.07) is 12.5. The van der Waals surface area contributed by atoms with E-state index in [1.165, 1.54) is 0 Å². The van der Waals surface area contributed by atoms with Crippen LogP contribution < -0.4 is 10.1 Å². The Labute approximate surface area is 163 Å². The summed E-state index contributed by atoms with van der Waals surface area (Å²) in [6.07, 6.45) is 5.50. The van der Waals surface area contributed by atoms with E-state index in [0.29, 0.717) is 24.5 Å². The molecule has 0 fully saturated rings. The zero-order valence-electron chi connectivity index (χ0n) is 15.7. The molecule has 3 aromatic rings. The van der Waals surface area contributed by atoms with Crippen molar-refractivity contribution in [2.75, 3.05) is 6.61 Å². The van der Waals surface area contributed by atoms with E-state index in [2.05, 4.69) is 15.4 Å². The highest BCUT2D eigenvalue weighted by atomic mass is 16.5. The van der Waals surface area contributed by atoms with Gasteiger partial charge in [0, 0.05) is 43.5 Å². The predicted molar refractivity (Wildman–Crippen MR) is 104 cm³/mol. The predicted octanol–water partition coefficient (Wildman–Crippen LogP) is 2.95. The number of nitrogens with zero attached hydrogens (tertiary/aromatic N) is 3. The highest BCUT2D eigenvalue weighted by Crippen LogP contribution is 2.14. The maximum atomic E-state index is 12.2. The van der Waals surface area contributed by atoms with Gasteiger partial charge in [0.15, 0.2) is 11.6 Å². The molecule has 28 heavy (non-hydrogen) atoms. The zero-order chi connectivity index (χ0) is 19.8. The van der Waals surface area contributed by atoms with E-state index >= 15 is 0 Å². The summed E-state index contributed by atoms with van der Waals surface area (Å²) in [5.74, 6) is 1.20. The molecule has 0 saturated carbocycles. The van der Waals surface area contributed by atoms with E-state index in [0.717, 1.165) is 11.3 Å². The number of Topliss-reactive ketones (excluding diaryl/α,β-unsaturated/α-hetero) is 1. The van der Waals surface area contributed by atoms with Crippen LogP contribution in [0.2, 0.25) is 0 Å². The molecule has 0 aliphatic rings. The van der Waals surface area contributed by atoms with E-state index in [1.54, 1.807) is 41.3 Å². The van der Waals surface area contributed by atoms with Crippen molar-refractivity contribution in [1.82, 2.24) is 20.1 Å². The molecule has 1 aromatic carbocycles.